The zero-order chi connectivity index (χ0) is 23.0. The Balaban J connectivity index is 1.45. The van der Waals surface area contributed by atoms with Crippen LogP contribution in [0, 0.1) is 6.92 Å². The van der Waals surface area contributed by atoms with Gasteiger partial charge < -0.3 is 18.9 Å². The molecule has 0 aromatic heterocycles. The highest BCUT2D eigenvalue weighted by Gasteiger charge is 2.24. The third-order valence-electron chi connectivity index (χ3n) is 4.90. The molecule has 0 saturated carbocycles. The van der Waals surface area contributed by atoms with E-state index in [9.17, 15) is 4.79 Å². The number of hydrogen-bond acceptors (Lipinski definition) is 6. The van der Waals surface area contributed by atoms with Crippen LogP contribution >= 0.6 is 0 Å². The summed E-state index contributed by atoms with van der Waals surface area (Å²) in [5.41, 5.74) is 2.82. The fraction of sp³-hybridized carbons (Fsp3) is 0.185. The second-order valence-electron chi connectivity index (χ2n) is 7.30. The SMILES string of the molecule is CCOc1cc(/C=C2\N=C(c3ccccc3)OC2=O)ccc1OCCOc1ccccc1C. The number of rotatable bonds is 9. The number of benzene rings is 3. The monoisotopic (exact) mass is 443 g/mol. The van der Waals surface area contributed by atoms with Crippen LogP contribution in [0.3, 0.4) is 0 Å². The van der Waals surface area contributed by atoms with E-state index < -0.39 is 5.97 Å². The molecule has 1 aliphatic rings. The standard InChI is InChI=1S/C27H25NO5/c1-3-30-25-18-20(17-22-27(29)33-26(28-22)21-10-5-4-6-11-21)13-14-24(25)32-16-15-31-23-12-8-7-9-19(23)2/h4-14,17-18H,3,15-16H2,1-2H3/b22-17-. The van der Waals surface area contributed by atoms with E-state index in [4.69, 9.17) is 18.9 Å². The van der Waals surface area contributed by atoms with Gasteiger partial charge in [0, 0.05) is 5.56 Å². The number of para-hydroxylation sites is 1. The number of carbonyl (C=O) groups is 1. The third-order valence-corrected chi connectivity index (χ3v) is 4.90. The van der Waals surface area contributed by atoms with Gasteiger partial charge in [0.2, 0.25) is 5.90 Å². The largest absolute Gasteiger partial charge is 0.490 e. The molecule has 3 aromatic carbocycles. The van der Waals surface area contributed by atoms with E-state index in [0.717, 1.165) is 22.4 Å². The molecule has 0 unspecified atom stereocenters. The molecule has 6 nitrogen and oxygen atoms in total. The maximum atomic E-state index is 12.3. The molecule has 0 amide bonds. The Morgan fingerprint density at radius 3 is 2.33 bits per heavy atom. The van der Waals surface area contributed by atoms with Crippen LogP contribution in [0.25, 0.3) is 6.08 Å². The van der Waals surface area contributed by atoms with Gasteiger partial charge in [-0.05, 0) is 61.4 Å². The highest BCUT2D eigenvalue weighted by atomic mass is 16.6. The van der Waals surface area contributed by atoms with Gasteiger partial charge in [-0.25, -0.2) is 9.79 Å². The zero-order valence-corrected chi connectivity index (χ0v) is 18.6. The molecule has 33 heavy (non-hydrogen) atoms. The summed E-state index contributed by atoms with van der Waals surface area (Å²) in [6.45, 7) is 5.16. The summed E-state index contributed by atoms with van der Waals surface area (Å²) in [6.07, 6.45) is 1.67. The summed E-state index contributed by atoms with van der Waals surface area (Å²) in [4.78, 5) is 16.6. The third kappa shape index (κ3) is 5.60. The number of nitrogens with zero attached hydrogens (tertiary/aromatic N) is 1. The first kappa shape index (κ1) is 22.1. The molecule has 0 fully saturated rings. The molecular weight excluding hydrogens is 418 g/mol. The van der Waals surface area contributed by atoms with Crippen LogP contribution < -0.4 is 14.2 Å². The van der Waals surface area contributed by atoms with Crippen LogP contribution in [0.2, 0.25) is 0 Å². The predicted octanol–water partition coefficient (Wildman–Crippen LogP) is 5.20. The van der Waals surface area contributed by atoms with Crippen molar-refractivity contribution in [3.05, 3.63) is 95.2 Å². The van der Waals surface area contributed by atoms with E-state index in [2.05, 4.69) is 4.99 Å². The minimum absolute atomic E-state index is 0.233. The normalized spacial score (nSPS) is 14.1. The lowest BCUT2D eigenvalue weighted by atomic mass is 10.1. The van der Waals surface area contributed by atoms with E-state index in [-0.39, 0.29) is 5.70 Å². The van der Waals surface area contributed by atoms with Gasteiger partial charge in [-0.1, -0.05) is 42.5 Å². The minimum Gasteiger partial charge on any atom is -0.490 e. The molecule has 6 heteroatoms. The average molecular weight is 443 g/mol. The lowest BCUT2D eigenvalue weighted by molar-refractivity contribution is -0.129. The van der Waals surface area contributed by atoms with Crippen molar-refractivity contribution >= 4 is 17.9 Å². The van der Waals surface area contributed by atoms with Gasteiger partial charge in [-0.2, -0.15) is 0 Å². The van der Waals surface area contributed by atoms with Gasteiger partial charge in [0.1, 0.15) is 19.0 Å². The van der Waals surface area contributed by atoms with Crippen molar-refractivity contribution in [1.29, 1.82) is 0 Å². The van der Waals surface area contributed by atoms with Crippen molar-refractivity contribution in [3.8, 4) is 17.2 Å². The van der Waals surface area contributed by atoms with Crippen molar-refractivity contribution < 1.29 is 23.7 Å². The summed E-state index contributed by atoms with van der Waals surface area (Å²) in [5.74, 6) is 1.84. The topological polar surface area (TPSA) is 66.4 Å². The van der Waals surface area contributed by atoms with E-state index in [0.29, 0.717) is 37.2 Å². The first-order chi connectivity index (χ1) is 16.1. The molecule has 1 heterocycles. The second kappa shape index (κ2) is 10.5. The smallest absolute Gasteiger partial charge is 0.363 e. The van der Waals surface area contributed by atoms with Crippen LogP contribution in [0.15, 0.2) is 83.5 Å². The molecular formula is C27H25NO5. The Hall–Kier alpha value is -4.06. The molecule has 0 aliphatic carbocycles. The highest BCUT2D eigenvalue weighted by molar-refractivity contribution is 6.12. The lowest BCUT2D eigenvalue weighted by Crippen LogP contribution is -2.10. The van der Waals surface area contributed by atoms with E-state index in [1.54, 1.807) is 6.08 Å². The van der Waals surface area contributed by atoms with Gasteiger partial charge in [0.15, 0.2) is 17.2 Å². The summed E-state index contributed by atoms with van der Waals surface area (Å²) in [7, 11) is 0. The Labute approximate surface area is 193 Å². The number of hydrogen-bond donors (Lipinski definition) is 0. The Morgan fingerprint density at radius 1 is 0.848 bits per heavy atom. The van der Waals surface area contributed by atoms with Gasteiger partial charge in [0.25, 0.3) is 0 Å². The highest BCUT2D eigenvalue weighted by Crippen LogP contribution is 2.30. The van der Waals surface area contributed by atoms with Crippen LogP contribution in [0.1, 0.15) is 23.6 Å². The van der Waals surface area contributed by atoms with Crippen LogP contribution in [0.4, 0.5) is 0 Å². The average Bonchev–Trinajstić information content (AvgIpc) is 3.20. The number of carbonyl (C=O) groups excluding carboxylic acids is 1. The summed E-state index contributed by atoms with van der Waals surface area (Å²) >= 11 is 0. The van der Waals surface area contributed by atoms with Crippen molar-refractivity contribution in [1.82, 2.24) is 0 Å². The molecule has 0 bridgehead atoms. The van der Waals surface area contributed by atoms with E-state index in [1.165, 1.54) is 0 Å². The predicted molar refractivity (Wildman–Crippen MR) is 127 cm³/mol. The van der Waals surface area contributed by atoms with Gasteiger partial charge >= 0.3 is 5.97 Å². The Morgan fingerprint density at radius 2 is 1.58 bits per heavy atom. The molecule has 3 aromatic rings. The first-order valence-corrected chi connectivity index (χ1v) is 10.8. The van der Waals surface area contributed by atoms with Crippen LogP contribution in [-0.4, -0.2) is 31.7 Å². The summed E-state index contributed by atoms with van der Waals surface area (Å²) in [6, 6.07) is 22.6. The molecule has 4 rings (SSSR count). The molecule has 0 saturated heterocycles. The Bertz CT molecular complexity index is 1180. The van der Waals surface area contributed by atoms with Crippen LogP contribution in [0.5, 0.6) is 17.2 Å². The number of ether oxygens (including phenoxy) is 4. The maximum absolute atomic E-state index is 12.3. The van der Waals surface area contributed by atoms with Crippen LogP contribution in [-0.2, 0) is 9.53 Å². The summed E-state index contributed by atoms with van der Waals surface area (Å²) < 4.78 is 22.7. The minimum atomic E-state index is -0.486. The zero-order valence-electron chi connectivity index (χ0n) is 18.6. The van der Waals surface area contributed by atoms with Crippen molar-refractivity contribution in [3.63, 3.8) is 0 Å². The van der Waals surface area contributed by atoms with Gasteiger partial charge in [0.05, 0.1) is 6.61 Å². The lowest BCUT2D eigenvalue weighted by Gasteiger charge is -2.14. The quantitative estimate of drug-likeness (QED) is 0.258. The fourth-order valence-electron chi connectivity index (χ4n) is 3.29. The number of cyclic esters (lactones) is 1. The van der Waals surface area contributed by atoms with Gasteiger partial charge in [-0.3, -0.25) is 0 Å². The fourth-order valence-corrected chi connectivity index (χ4v) is 3.29. The van der Waals surface area contributed by atoms with Crippen molar-refractivity contribution in [2.45, 2.75) is 13.8 Å². The van der Waals surface area contributed by atoms with E-state index >= 15 is 0 Å². The molecule has 0 N–H and O–H groups in total. The summed E-state index contributed by atoms with van der Waals surface area (Å²) in [5, 5.41) is 0. The van der Waals surface area contributed by atoms with E-state index in [1.807, 2.05) is 86.6 Å². The van der Waals surface area contributed by atoms with Crippen molar-refractivity contribution in [2.75, 3.05) is 19.8 Å². The molecule has 168 valence electrons. The number of aliphatic imine (C=N–C) groups is 1. The van der Waals surface area contributed by atoms with Gasteiger partial charge in [-0.15, -0.1) is 0 Å². The number of esters is 1. The second-order valence-corrected chi connectivity index (χ2v) is 7.30. The first-order valence-electron chi connectivity index (χ1n) is 10.8. The molecule has 0 spiro atoms. The Kier molecular flexibility index (Phi) is 7.05. The molecule has 0 atom stereocenters. The number of aryl methyl sites for hydroxylation is 1. The maximum Gasteiger partial charge on any atom is 0.363 e. The molecule has 0 radical (unpaired) electrons. The van der Waals surface area contributed by atoms with Crippen molar-refractivity contribution in [2.24, 2.45) is 4.99 Å². The molecule has 1 aliphatic heterocycles.